The molecule has 1 aromatic carbocycles. The average molecular weight is 339 g/mol. The van der Waals surface area contributed by atoms with Crippen molar-refractivity contribution in [1.29, 1.82) is 0 Å². The molecule has 0 fully saturated rings. The number of hydrogen-bond acceptors (Lipinski definition) is 3. The number of nitrogens with one attached hydrogen (secondary N) is 1. The van der Waals surface area contributed by atoms with Gasteiger partial charge < -0.3 is 5.32 Å². The summed E-state index contributed by atoms with van der Waals surface area (Å²) in [4.78, 5) is 12.1. The van der Waals surface area contributed by atoms with E-state index in [1.54, 1.807) is 18.2 Å². The van der Waals surface area contributed by atoms with Gasteiger partial charge in [-0.05, 0) is 35.1 Å². The number of thiophene rings is 1. The van der Waals surface area contributed by atoms with Crippen LogP contribution in [0.2, 0.25) is 0 Å². The van der Waals surface area contributed by atoms with Crippen LogP contribution in [0.5, 0.6) is 0 Å². The molecule has 2 atom stereocenters. The van der Waals surface area contributed by atoms with E-state index in [0.29, 0.717) is 4.21 Å². The summed E-state index contributed by atoms with van der Waals surface area (Å²) in [6, 6.07) is 9.42. The Balaban J connectivity index is 2.03. The summed E-state index contributed by atoms with van der Waals surface area (Å²) in [5.41, 5.74) is 0.839. The Morgan fingerprint density at radius 3 is 2.50 bits per heavy atom. The number of benzene rings is 1. The maximum absolute atomic E-state index is 13.0. The molecule has 118 valence electrons. The van der Waals surface area contributed by atoms with Crippen LogP contribution in [0.25, 0.3) is 0 Å². The van der Waals surface area contributed by atoms with Crippen LogP contribution in [0, 0.1) is 11.7 Å². The van der Waals surface area contributed by atoms with Crippen molar-refractivity contribution in [2.24, 2.45) is 5.92 Å². The predicted octanol–water partition coefficient (Wildman–Crippen LogP) is 3.51. The van der Waals surface area contributed by atoms with Crippen LogP contribution in [-0.4, -0.2) is 15.9 Å². The Hall–Kier alpha value is -1.53. The van der Waals surface area contributed by atoms with Gasteiger partial charge >= 0.3 is 0 Å². The Labute approximate surface area is 136 Å². The number of rotatable bonds is 6. The summed E-state index contributed by atoms with van der Waals surface area (Å²) in [7, 11) is -1.33. The summed E-state index contributed by atoms with van der Waals surface area (Å²) in [6.07, 6.45) is 0. The Kier molecular flexibility index (Phi) is 5.85. The van der Waals surface area contributed by atoms with Gasteiger partial charge in [-0.3, -0.25) is 9.00 Å². The molecule has 0 saturated heterocycles. The lowest BCUT2D eigenvalue weighted by atomic mass is 9.96. The fraction of sp³-hybridized carbons (Fsp3) is 0.312. The van der Waals surface area contributed by atoms with E-state index in [2.05, 4.69) is 5.32 Å². The lowest BCUT2D eigenvalue weighted by Crippen LogP contribution is -2.34. The summed E-state index contributed by atoms with van der Waals surface area (Å²) >= 11 is 1.37. The van der Waals surface area contributed by atoms with E-state index in [-0.39, 0.29) is 29.4 Å². The highest BCUT2D eigenvalue weighted by molar-refractivity contribution is 7.88. The molecule has 6 heteroatoms. The van der Waals surface area contributed by atoms with E-state index in [1.807, 2.05) is 25.3 Å². The molecule has 0 bridgehead atoms. The molecule has 2 rings (SSSR count). The molecule has 3 nitrogen and oxygen atoms in total. The standard InChI is InChI=1S/C16H18FNO2S2/c1-11(2)16(12-5-7-13(17)8-6-12)18-14(19)10-22(20)15-4-3-9-21-15/h3-9,11,16H,10H2,1-2H3,(H,18,19)/t16-,22-/m0/s1. The molecule has 0 unspecified atom stereocenters. The van der Waals surface area contributed by atoms with Gasteiger partial charge in [-0.15, -0.1) is 11.3 Å². The molecule has 0 aliphatic rings. The molecule has 2 aromatic rings. The van der Waals surface area contributed by atoms with Crippen molar-refractivity contribution in [2.75, 3.05) is 5.75 Å². The molecule has 1 aromatic heterocycles. The van der Waals surface area contributed by atoms with Gasteiger partial charge in [-0.1, -0.05) is 32.0 Å². The van der Waals surface area contributed by atoms with Crippen LogP contribution in [0.4, 0.5) is 4.39 Å². The van der Waals surface area contributed by atoms with Gasteiger partial charge in [0.1, 0.15) is 11.6 Å². The Bertz CT molecular complexity index is 639. The molecule has 1 heterocycles. The quantitative estimate of drug-likeness (QED) is 0.875. The predicted molar refractivity (Wildman–Crippen MR) is 87.7 cm³/mol. The number of carbonyl (C=O) groups is 1. The lowest BCUT2D eigenvalue weighted by molar-refractivity contribution is -0.119. The highest BCUT2D eigenvalue weighted by atomic mass is 32.2. The zero-order valence-electron chi connectivity index (χ0n) is 12.4. The van der Waals surface area contributed by atoms with Crippen molar-refractivity contribution in [2.45, 2.75) is 24.1 Å². The first kappa shape index (κ1) is 16.8. The van der Waals surface area contributed by atoms with Crippen molar-refractivity contribution < 1.29 is 13.4 Å². The van der Waals surface area contributed by atoms with E-state index in [9.17, 15) is 13.4 Å². The van der Waals surface area contributed by atoms with Crippen molar-refractivity contribution in [1.82, 2.24) is 5.32 Å². The molecular formula is C16H18FNO2S2. The van der Waals surface area contributed by atoms with Crippen LogP contribution in [-0.2, 0) is 15.6 Å². The zero-order valence-corrected chi connectivity index (χ0v) is 14.0. The maximum atomic E-state index is 13.0. The zero-order chi connectivity index (χ0) is 16.1. The van der Waals surface area contributed by atoms with Crippen LogP contribution in [0.1, 0.15) is 25.5 Å². The minimum atomic E-state index is -1.33. The Morgan fingerprint density at radius 2 is 1.95 bits per heavy atom. The first-order chi connectivity index (χ1) is 10.5. The second-order valence-corrected chi connectivity index (χ2v) is 7.89. The normalized spacial score (nSPS) is 13.8. The number of hydrogen-bond donors (Lipinski definition) is 1. The van der Waals surface area contributed by atoms with Crippen molar-refractivity contribution >= 4 is 28.0 Å². The van der Waals surface area contributed by atoms with E-state index < -0.39 is 10.8 Å². The molecule has 1 N–H and O–H groups in total. The molecule has 0 radical (unpaired) electrons. The SMILES string of the molecule is CC(C)[C@H](NC(=O)C[S@](=O)c1cccs1)c1ccc(F)cc1. The van der Waals surface area contributed by atoms with Crippen LogP contribution in [0.15, 0.2) is 46.0 Å². The smallest absolute Gasteiger partial charge is 0.233 e. The van der Waals surface area contributed by atoms with Crippen LogP contribution < -0.4 is 5.32 Å². The van der Waals surface area contributed by atoms with Gasteiger partial charge in [0, 0.05) is 0 Å². The van der Waals surface area contributed by atoms with E-state index >= 15 is 0 Å². The summed E-state index contributed by atoms with van der Waals surface area (Å²) in [5.74, 6) is -0.499. The molecular weight excluding hydrogens is 321 g/mol. The van der Waals surface area contributed by atoms with Crippen LogP contribution in [0.3, 0.4) is 0 Å². The van der Waals surface area contributed by atoms with Gasteiger partial charge in [-0.25, -0.2) is 4.39 Å². The van der Waals surface area contributed by atoms with Crippen molar-refractivity contribution in [3.8, 4) is 0 Å². The number of halogens is 1. The van der Waals surface area contributed by atoms with Gasteiger partial charge in [-0.2, -0.15) is 0 Å². The van der Waals surface area contributed by atoms with Crippen molar-refractivity contribution in [3.63, 3.8) is 0 Å². The second-order valence-electron chi connectivity index (χ2n) is 5.26. The second kappa shape index (κ2) is 7.65. The molecule has 0 spiro atoms. The van der Waals surface area contributed by atoms with Gasteiger partial charge in [0.25, 0.3) is 0 Å². The summed E-state index contributed by atoms with van der Waals surface area (Å²) < 4.78 is 25.8. The highest BCUT2D eigenvalue weighted by Gasteiger charge is 2.20. The third kappa shape index (κ3) is 4.48. The first-order valence-electron chi connectivity index (χ1n) is 6.94. The molecule has 22 heavy (non-hydrogen) atoms. The summed E-state index contributed by atoms with van der Waals surface area (Å²) in [6.45, 7) is 3.95. The highest BCUT2D eigenvalue weighted by Crippen LogP contribution is 2.22. The topological polar surface area (TPSA) is 46.2 Å². The third-order valence-electron chi connectivity index (χ3n) is 3.19. The van der Waals surface area contributed by atoms with Crippen LogP contribution >= 0.6 is 11.3 Å². The number of amides is 1. The largest absolute Gasteiger partial charge is 0.348 e. The molecule has 1 amide bonds. The van der Waals surface area contributed by atoms with Gasteiger partial charge in [0.2, 0.25) is 5.91 Å². The number of carbonyl (C=O) groups excluding carboxylic acids is 1. The average Bonchev–Trinajstić information content (AvgIpc) is 3.00. The third-order valence-corrected chi connectivity index (χ3v) is 5.81. The minimum Gasteiger partial charge on any atom is -0.348 e. The van der Waals surface area contributed by atoms with E-state index in [4.69, 9.17) is 0 Å². The monoisotopic (exact) mass is 339 g/mol. The molecule has 0 aliphatic carbocycles. The Morgan fingerprint density at radius 1 is 1.27 bits per heavy atom. The fourth-order valence-electron chi connectivity index (χ4n) is 2.10. The fourth-order valence-corrected chi connectivity index (χ4v) is 4.02. The van der Waals surface area contributed by atoms with Gasteiger partial charge in [0.15, 0.2) is 0 Å². The lowest BCUT2D eigenvalue weighted by Gasteiger charge is -2.22. The van der Waals surface area contributed by atoms with Gasteiger partial charge in [0.05, 0.1) is 21.1 Å². The van der Waals surface area contributed by atoms with Crippen molar-refractivity contribution in [3.05, 3.63) is 53.2 Å². The minimum absolute atomic E-state index is 0.0646. The molecule has 0 aliphatic heterocycles. The molecule has 0 saturated carbocycles. The maximum Gasteiger partial charge on any atom is 0.233 e. The first-order valence-corrected chi connectivity index (χ1v) is 9.14. The summed E-state index contributed by atoms with van der Waals surface area (Å²) in [5, 5.41) is 4.73. The van der Waals surface area contributed by atoms with E-state index in [1.165, 1.54) is 23.5 Å². The van der Waals surface area contributed by atoms with E-state index in [0.717, 1.165) is 5.56 Å².